The second-order valence-corrected chi connectivity index (χ2v) is 7.76. The number of nitrogens with zero attached hydrogens (tertiary/aromatic N) is 1. The van der Waals surface area contributed by atoms with E-state index in [-0.39, 0.29) is 0 Å². The summed E-state index contributed by atoms with van der Waals surface area (Å²) >= 11 is 0. The minimum Gasteiger partial charge on any atom is -0.370 e. The Hall–Kier alpha value is -2.29. The van der Waals surface area contributed by atoms with Crippen molar-refractivity contribution in [3.63, 3.8) is 0 Å². The van der Waals surface area contributed by atoms with Gasteiger partial charge in [0.25, 0.3) is 0 Å². The smallest absolute Gasteiger partial charge is 0.193 e. The molecule has 2 aromatic rings. The number of nitrogens with two attached hydrogens (primary N) is 1. The van der Waals surface area contributed by atoms with Gasteiger partial charge in [-0.15, -0.1) is 0 Å². The SMILES string of the molecule is NC(=NCC1C2Cc3ccccc3C12)Nc1cccc2c1CCCC2. The van der Waals surface area contributed by atoms with Crippen LogP contribution in [0.5, 0.6) is 0 Å². The molecule has 0 amide bonds. The molecule has 0 bridgehead atoms. The van der Waals surface area contributed by atoms with Crippen LogP contribution >= 0.6 is 0 Å². The summed E-state index contributed by atoms with van der Waals surface area (Å²) < 4.78 is 0. The summed E-state index contributed by atoms with van der Waals surface area (Å²) in [6, 6.07) is 15.4. The first-order valence-electron chi connectivity index (χ1n) is 9.57. The first kappa shape index (κ1) is 15.0. The van der Waals surface area contributed by atoms with Crippen molar-refractivity contribution >= 4 is 11.6 Å². The fourth-order valence-electron chi connectivity index (χ4n) is 5.01. The molecule has 3 N–H and O–H groups in total. The Kier molecular flexibility index (Phi) is 3.54. The number of hydrogen-bond donors (Lipinski definition) is 2. The monoisotopic (exact) mass is 331 g/mol. The second-order valence-electron chi connectivity index (χ2n) is 7.76. The van der Waals surface area contributed by atoms with Gasteiger partial charge in [-0.3, -0.25) is 4.99 Å². The Labute approximate surface area is 149 Å². The molecule has 1 fully saturated rings. The van der Waals surface area contributed by atoms with Crippen molar-refractivity contribution in [3.8, 4) is 0 Å². The molecule has 0 radical (unpaired) electrons. The first-order chi connectivity index (χ1) is 12.3. The van der Waals surface area contributed by atoms with Crippen LogP contribution in [-0.2, 0) is 19.3 Å². The summed E-state index contributed by atoms with van der Waals surface area (Å²) in [7, 11) is 0. The van der Waals surface area contributed by atoms with Crippen molar-refractivity contribution in [3.05, 3.63) is 64.7 Å². The largest absolute Gasteiger partial charge is 0.370 e. The van der Waals surface area contributed by atoms with Crippen LogP contribution < -0.4 is 11.1 Å². The lowest BCUT2D eigenvalue weighted by Crippen LogP contribution is -2.24. The number of nitrogens with one attached hydrogen (secondary N) is 1. The molecule has 0 spiro atoms. The average molecular weight is 331 g/mol. The van der Waals surface area contributed by atoms with E-state index in [9.17, 15) is 0 Å². The third kappa shape index (κ3) is 2.62. The molecule has 3 nitrogen and oxygen atoms in total. The van der Waals surface area contributed by atoms with Gasteiger partial charge in [0.1, 0.15) is 0 Å². The number of benzene rings is 2. The lowest BCUT2D eigenvalue weighted by molar-refractivity contribution is 0.687. The minimum atomic E-state index is 0.567. The lowest BCUT2D eigenvalue weighted by Gasteiger charge is -2.19. The third-order valence-electron chi connectivity index (χ3n) is 6.33. The molecule has 1 saturated carbocycles. The van der Waals surface area contributed by atoms with E-state index in [0.717, 1.165) is 30.5 Å². The molecule has 0 heterocycles. The molecule has 3 aliphatic carbocycles. The molecule has 0 aliphatic heterocycles. The Balaban J connectivity index is 1.26. The van der Waals surface area contributed by atoms with Crippen LogP contribution in [0.4, 0.5) is 5.69 Å². The Morgan fingerprint density at radius 3 is 2.84 bits per heavy atom. The van der Waals surface area contributed by atoms with Gasteiger partial charge < -0.3 is 11.1 Å². The van der Waals surface area contributed by atoms with Gasteiger partial charge in [0, 0.05) is 12.2 Å². The molecule has 0 saturated heterocycles. The van der Waals surface area contributed by atoms with E-state index in [1.54, 1.807) is 11.1 Å². The summed E-state index contributed by atoms with van der Waals surface area (Å²) in [5.41, 5.74) is 13.3. The number of rotatable bonds is 3. The van der Waals surface area contributed by atoms with Gasteiger partial charge in [0.05, 0.1) is 0 Å². The van der Waals surface area contributed by atoms with E-state index in [2.05, 4.69) is 52.8 Å². The van der Waals surface area contributed by atoms with Crippen LogP contribution in [0.2, 0.25) is 0 Å². The third-order valence-corrected chi connectivity index (χ3v) is 6.33. The van der Waals surface area contributed by atoms with Crippen LogP contribution in [0.1, 0.15) is 41.0 Å². The van der Waals surface area contributed by atoms with Gasteiger partial charge in [0.15, 0.2) is 5.96 Å². The fourth-order valence-corrected chi connectivity index (χ4v) is 5.01. The lowest BCUT2D eigenvalue weighted by atomic mass is 9.90. The Bertz CT molecular complexity index is 839. The number of hydrogen-bond acceptors (Lipinski definition) is 1. The summed E-state index contributed by atoms with van der Waals surface area (Å²) in [6.45, 7) is 0.845. The van der Waals surface area contributed by atoms with Crippen molar-refractivity contribution in [1.29, 1.82) is 0 Å². The molecule has 3 atom stereocenters. The van der Waals surface area contributed by atoms with Crippen molar-refractivity contribution in [2.24, 2.45) is 22.6 Å². The van der Waals surface area contributed by atoms with Gasteiger partial charge in [-0.25, -0.2) is 0 Å². The maximum atomic E-state index is 6.20. The number of guanidine groups is 1. The molecule has 2 aromatic carbocycles. The van der Waals surface area contributed by atoms with Crippen LogP contribution in [0.25, 0.3) is 0 Å². The van der Waals surface area contributed by atoms with E-state index in [4.69, 9.17) is 5.73 Å². The summed E-state index contributed by atoms with van der Waals surface area (Å²) in [4.78, 5) is 4.67. The van der Waals surface area contributed by atoms with Crippen molar-refractivity contribution in [2.75, 3.05) is 11.9 Å². The summed E-state index contributed by atoms with van der Waals surface area (Å²) in [6.07, 6.45) is 6.13. The van der Waals surface area contributed by atoms with Crippen molar-refractivity contribution in [1.82, 2.24) is 0 Å². The van der Waals surface area contributed by atoms with Crippen LogP contribution in [0.15, 0.2) is 47.5 Å². The zero-order valence-corrected chi connectivity index (χ0v) is 14.5. The van der Waals surface area contributed by atoms with Crippen molar-refractivity contribution < 1.29 is 0 Å². The molecular formula is C22H25N3. The van der Waals surface area contributed by atoms with Gasteiger partial charge >= 0.3 is 0 Å². The normalized spacial score (nSPS) is 26.6. The highest BCUT2D eigenvalue weighted by Crippen LogP contribution is 2.61. The van der Waals surface area contributed by atoms with E-state index < -0.39 is 0 Å². The van der Waals surface area contributed by atoms with Crippen molar-refractivity contribution in [2.45, 2.75) is 38.0 Å². The Morgan fingerprint density at radius 2 is 1.88 bits per heavy atom. The average Bonchev–Trinajstić information content (AvgIpc) is 3.18. The van der Waals surface area contributed by atoms with E-state index in [0.29, 0.717) is 11.9 Å². The van der Waals surface area contributed by atoms with Crippen LogP contribution in [0.3, 0.4) is 0 Å². The molecule has 0 aromatic heterocycles. The summed E-state index contributed by atoms with van der Waals surface area (Å²) in [5, 5.41) is 3.37. The maximum Gasteiger partial charge on any atom is 0.193 e. The van der Waals surface area contributed by atoms with Gasteiger partial charge in [-0.2, -0.15) is 0 Å². The van der Waals surface area contributed by atoms with Crippen LogP contribution in [0, 0.1) is 11.8 Å². The predicted molar refractivity (Wildman–Crippen MR) is 103 cm³/mol. The Morgan fingerprint density at radius 1 is 1.04 bits per heavy atom. The minimum absolute atomic E-state index is 0.567. The quantitative estimate of drug-likeness (QED) is 0.662. The summed E-state index contributed by atoms with van der Waals surface area (Å²) in [5.74, 6) is 2.76. The number of aryl methyl sites for hydroxylation is 1. The molecule has 5 rings (SSSR count). The molecule has 3 heteroatoms. The van der Waals surface area contributed by atoms with Crippen LogP contribution in [-0.4, -0.2) is 12.5 Å². The van der Waals surface area contributed by atoms with E-state index in [1.807, 2.05) is 0 Å². The molecule has 128 valence electrons. The van der Waals surface area contributed by atoms with E-state index >= 15 is 0 Å². The highest BCUT2D eigenvalue weighted by Gasteiger charge is 2.54. The van der Waals surface area contributed by atoms with Gasteiger partial charge in [0.2, 0.25) is 0 Å². The highest BCUT2D eigenvalue weighted by molar-refractivity contribution is 5.93. The van der Waals surface area contributed by atoms with Gasteiger partial charge in [-0.1, -0.05) is 36.4 Å². The maximum absolute atomic E-state index is 6.20. The highest BCUT2D eigenvalue weighted by atomic mass is 15.1. The number of fused-ring (bicyclic) bond motifs is 4. The second kappa shape index (κ2) is 5.91. The molecule has 25 heavy (non-hydrogen) atoms. The predicted octanol–water partition coefficient (Wildman–Crippen LogP) is 3.88. The topological polar surface area (TPSA) is 50.4 Å². The van der Waals surface area contributed by atoms with Gasteiger partial charge in [-0.05, 0) is 78.2 Å². The number of aliphatic imine (C=N–C) groups is 1. The zero-order chi connectivity index (χ0) is 16.8. The first-order valence-corrected chi connectivity index (χ1v) is 9.57. The molecule has 3 aliphatic rings. The standard InChI is InChI=1S/C22H25N3/c23-22(25-20-11-5-8-14-6-1-3-9-16(14)20)24-13-19-18-12-15-7-2-4-10-17(15)21(18)19/h2,4-5,7-8,10-11,18-19,21H,1,3,6,9,12-13H2,(H3,23,24,25). The molecule has 3 unspecified atom stereocenters. The number of anilines is 1. The fraction of sp³-hybridized carbons (Fsp3) is 0.409. The van der Waals surface area contributed by atoms with E-state index in [1.165, 1.54) is 36.8 Å². The zero-order valence-electron chi connectivity index (χ0n) is 14.5. The molecular weight excluding hydrogens is 306 g/mol.